The zero-order chi connectivity index (χ0) is 13.1. The van der Waals surface area contributed by atoms with Crippen LogP contribution in [0, 0.1) is 18.3 Å². The maximum atomic E-state index is 10.6. The van der Waals surface area contributed by atoms with Gasteiger partial charge in [0.2, 0.25) is 0 Å². The highest BCUT2D eigenvalue weighted by Gasteiger charge is 2.26. The molecular formula is C13H17N3O2. The fourth-order valence-electron chi connectivity index (χ4n) is 2.80. The van der Waals surface area contributed by atoms with Gasteiger partial charge in [0.15, 0.2) is 0 Å². The minimum Gasteiger partial charge on any atom is -0.481 e. The summed E-state index contributed by atoms with van der Waals surface area (Å²) in [6.45, 7) is 2.37. The van der Waals surface area contributed by atoms with Crippen molar-refractivity contribution in [3.63, 3.8) is 0 Å². The fraction of sp³-hybridized carbons (Fsp3) is 0.615. The number of nitrogens with zero attached hydrogens (tertiary/aromatic N) is 3. The molecule has 1 N–H and O–H groups in total. The predicted octanol–water partition coefficient (Wildman–Crippen LogP) is 2.00. The molecule has 96 valence electrons. The second-order valence-electron chi connectivity index (χ2n) is 4.76. The number of fused-ring (bicyclic) bond motifs is 1. The van der Waals surface area contributed by atoms with Gasteiger partial charge in [-0.3, -0.25) is 9.48 Å². The van der Waals surface area contributed by atoms with Crippen LogP contribution in [0.3, 0.4) is 0 Å². The van der Waals surface area contributed by atoms with Crippen molar-refractivity contribution in [2.45, 2.75) is 51.5 Å². The number of carboxylic acids is 1. The Kier molecular flexibility index (Phi) is 3.66. The quantitative estimate of drug-likeness (QED) is 0.882. The Bertz CT molecular complexity index is 499. The van der Waals surface area contributed by atoms with E-state index in [-0.39, 0.29) is 12.3 Å². The molecule has 0 bridgehead atoms. The molecule has 1 aromatic rings. The first-order chi connectivity index (χ1) is 8.63. The van der Waals surface area contributed by atoms with E-state index in [1.54, 1.807) is 0 Å². The monoisotopic (exact) mass is 247 g/mol. The molecule has 1 heterocycles. The average Bonchev–Trinajstić information content (AvgIpc) is 2.65. The summed E-state index contributed by atoms with van der Waals surface area (Å²) in [7, 11) is 0. The third-order valence-electron chi connectivity index (χ3n) is 3.53. The lowest BCUT2D eigenvalue weighted by Gasteiger charge is -2.21. The fourth-order valence-corrected chi connectivity index (χ4v) is 2.80. The number of hydrogen-bond acceptors (Lipinski definition) is 3. The zero-order valence-electron chi connectivity index (χ0n) is 10.5. The molecule has 0 amide bonds. The standard InChI is InChI=1S/C13H17N3O2/c1-9-13-10(5-7-14)3-2-4-11(13)16(15-9)8-6-12(17)18/h10H,2-6,8H2,1H3,(H,17,18). The van der Waals surface area contributed by atoms with Crippen molar-refractivity contribution in [3.8, 4) is 6.07 Å². The molecule has 1 aromatic heterocycles. The minimum absolute atomic E-state index is 0.0937. The molecule has 1 atom stereocenters. The van der Waals surface area contributed by atoms with E-state index >= 15 is 0 Å². The third kappa shape index (κ3) is 2.37. The molecule has 0 saturated heterocycles. The van der Waals surface area contributed by atoms with Crippen LogP contribution in [-0.2, 0) is 17.8 Å². The molecule has 2 rings (SSSR count). The highest BCUT2D eigenvalue weighted by Crippen LogP contribution is 2.35. The number of carbonyl (C=O) groups is 1. The van der Waals surface area contributed by atoms with E-state index in [0.717, 1.165) is 30.7 Å². The predicted molar refractivity (Wildman–Crippen MR) is 65.1 cm³/mol. The first-order valence-electron chi connectivity index (χ1n) is 6.28. The molecule has 5 nitrogen and oxygen atoms in total. The largest absolute Gasteiger partial charge is 0.481 e. The maximum Gasteiger partial charge on any atom is 0.305 e. The maximum absolute atomic E-state index is 10.6. The van der Waals surface area contributed by atoms with Crippen molar-refractivity contribution < 1.29 is 9.90 Å². The van der Waals surface area contributed by atoms with Gasteiger partial charge in [0.05, 0.1) is 24.7 Å². The summed E-state index contributed by atoms with van der Waals surface area (Å²) in [4.78, 5) is 10.6. The molecule has 0 radical (unpaired) electrons. The van der Waals surface area contributed by atoms with E-state index in [2.05, 4.69) is 11.2 Å². The average molecular weight is 247 g/mol. The van der Waals surface area contributed by atoms with Gasteiger partial charge in [0.1, 0.15) is 0 Å². The lowest BCUT2D eigenvalue weighted by atomic mass is 9.83. The number of hydrogen-bond donors (Lipinski definition) is 1. The van der Waals surface area contributed by atoms with Crippen LogP contribution in [0.5, 0.6) is 0 Å². The van der Waals surface area contributed by atoms with Crippen molar-refractivity contribution in [1.29, 1.82) is 5.26 Å². The minimum atomic E-state index is -0.804. The van der Waals surface area contributed by atoms with E-state index < -0.39 is 5.97 Å². The van der Waals surface area contributed by atoms with Gasteiger partial charge in [-0.2, -0.15) is 10.4 Å². The molecule has 0 fully saturated rings. The Morgan fingerprint density at radius 3 is 3.11 bits per heavy atom. The molecule has 0 aromatic carbocycles. The molecule has 0 aliphatic heterocycles. The zero-order valence-corrected chi connectivity index (χ0v) is 10.5. The van der Waals surface area contributed by atoms with Gasteiger partial charge in [-0.05, 0) is 26.2 Å². The highest BCUT2D eigenvalue weighted by atomic mass is 16.4. The molecule has 1 aliphatic carbocycles. The van der Waals surface area contributed by atoms with Crippen LogP contribution in [0.1, 0.15) is 48.6 Å². The van der Waals surface area contributed by atoms with Crippen LogP contribution in [0.2, 0.25) is 0 Å². The summed E-state index contributed by atoms with van der Waals surface area (Å²) in [5.41, 5.74) is 3.28. The van der Waals surface area contributed by atoms with E-state index in [1.165, 1.54) is 5.56 Å². The molecule has 0 spiro atoms. The topological polar surface area (TPSA) is 78.9 Å². The summed E-state index contributed by atoms with van der Waals surface area (Å²) >= 11 is 0. The second-order valence-corrected chi connectivity index (χ2v) is 4.76. The van der Waals surface area contributed by atoms with Crippen LogP contribution in [0.25, 0.3) is 0 Å². The summed E-state index contributed by atoms with van der Waals surface area (Å²) in [5.74, 6) is -0.529. The van der Waals surface area contributed by atoms with Gasteiger partial charge < -0.3 is 5.11 Å². The van der Waals surface area contributed by atoms with Crippen LogP contribution in [0.4, 0.5) is 0 Å². The summed E-state index contributed by atoms with van der Waals surface area (Å²) in [5, 5.41) is 22.0. The van der Waals surface area contributed by atoms with Gasteiger partial charge in [-0.25, -0.2) is 0 Å². The Morgan fingerprint density at radius 2 is 2.44 bits per heavy atom. The van der Waals surface area contributed by atoms with Crippen LogP contribution < -0.4 is 0 Å². The normalized spacial score (nSPS) is 18.1. The van der Waals surface area contributed by atoms with Crippen molar-refractivity contribution in [1.82, 2.24) is 9.78 Å². The SMILES string of the molecule is Cc1nn(CCC(=O)O)c2c1C(CC#N)CCC2. The number of rotatable bonds is 4. The van der Waals surface area contributed by atoms with Crippen molar-refractivity contribution in [2.75, 3.05) is 0 Å². The molecule has 18 heavy (non-hydrogen) atoms. The van der Waals surface area contributed by atoms with E-state index in [4.69, 9.17) is 10.4 Å². The molecular weight excluding hydrogens is 230 g/mol. The van der Waals surface area contributed by atoms with Crippen LogP contribution >= 0.6 is 0 Å². The van der Waals surface area contributed by atoms with Gasteiger partial charge in [-0.15, -0.1) is 0 Å². The van der Waals surface area contributed by atoms with Crippen molar-refractivity contribution in [3.05, 3.63) is 17.0 Å². The highest BCUT2D eigenvalue weighted by molar-refractivity contribution is 5.66. The number of aromatic nitrogens is 2. The number of carboxylic acid groups (broad SMARTS) is 1. The second kappa shape index (κ2) is 5.21. The first kappa shape index (κ1) is 12.6. The Labute approximate surface area is 106 Å². The summed E-state index contributed by atoms with van der Waals surface area (Å²) < 4.78 is 1.82. The molecule has 0 saturated carbocycles. The summed E-state index contributed by atoms with van der Waals surface area (Å²) in [6.07, 6.45) is 3.65. The Morgan fingerprint density at radius 1 is 1.67 bits per heavy atom. The van der Waals surface area contributed by atoms with Gasteiger partial charge in [0, 0.05) is 23.6 Å². The van der Waals surface area contributed by atoms with Crippen LogP contribution in [0.15, 0.2) is 0 Å². The van der Waals surface area contributed by atoms with Gasteiger partial charge in [-0.1, -0.05) is 0 Å². The lowest BCUT2D eigenvalue weighted by molar-refractivity contribution is -0.137. The van der Waals surface area contributed by atoms with Crippen LogP contribution in [-0.4, -0.2) is 20.9 Å². The molecule has 1 aliphatic rings. The third-order valence-corrected chi connectivity index (χ3v) is 3.53. The van der Waals surface area contributed by atoms with Crippen molar-refractivity contribution in [2.24, 2.45) is 0 Å². The smallest absolute Gasteiger partial charge is 0.305 e. The van der Waals surface area contributed by atoms with E-state index in [1.807, 2.05) is 11.6 Å². The number of nitriles is 1. The number of aliphatic carboxylic acids is 1. The lowest BCUT2D eigenvalue weighted by Crippen LogP contribution is -2.14. The van der Waals surface area contributed by atoms with Gasteiger partial charge in [0.25, 0.3) is 0 Å². The summed E-state index contributed by atoms with van der Waals surface area (Å²) in [6, 6.07) is 2.23. The van der Waals surface area contributed by atoms with Gasteiger partial charge >= 0.3 is 5.97 Å². The number of aryl methyl sites for hydroxylation is 2. The molecule has 5 heteroatoms. The molecule has 1 unspecified atom stereocenters. The Hall–Kier alpha value is -1.83. The van der Waals surface area contributed by atoms with Crippen molar-refractivity contribution >= 4 is 5.97 Å². The van der Waals surface area contributed by atoms with E-state index in [0.29, 0.717) is 13.0 Å². The van der Waals surface area contributed by atoms with E-state index in [9.17, 15) is 4.79 Å². The first-order valence-corrected chi connectivity index (χ1v) is 6.28. The Balaban J connectivity index is 2.27.